The lowest BCUT2D eigenvalue weighted by molar-refractivity contribution is -0.384. The zero-order chi connectivity index (χ0) is 17.8. The Morgan fingerprint density at radius 2 is 1.75 bits per heavy atom. The molecule has 0 atom stereocenters. The van der Waals surface area contributed by atoms with Gasteiger partial charge < -0.3 is 5.32 Å². The third-order valence-corrected chi connectivity index (χ3v) is 3.76. The summed E-state index contributed by atoms with van der Waals surface area (Å²) in [6, 6.07) is 5.68. The number of nitro groups is 1. The predicted molar refractivity (Wildman–Crippen MR) is 94.0 cm³/mol. The number of carbonyl (C=O) groups excluding carboxylic acids is 2. The molecule has 132 valence electrons. The van der Waals surface area contributed by atoms with E-state index >= 15 is 0 Å². The van der Waals surface area contributed by atoms with Crippen LogP contribution in [0.1, 0.15) is 64.7 Å². The third-order valence-electron chi connectivity index (χ3n) is 3.76. The largest absolute Gasteiger partial charge is 0.325 e. The Morgan fingerprint density at radius 1 is 1.08 bits per heavy atom. The molecule has 0 unspecified atom stereocenters. The molecule has 0 saturated carbocycles. The fraction of sp³-hybridized carbons (Fsp3) is 0.556. The number of anilines is 1. The minimum atomic E-state index is -0.526. The minimum Gasteiger partial charge on any atom is -0.325 e. The standard InChI is InChI=1S/C18H26N2O4/c1-2-3-4-5-6-7-8-12-17(21)14-18(22)19-15-10-9-11-16(13-15)20(23)24/h9-11,13H,2-8,12,14H2,1H3,(H,19,22). The molecule has 1 aromatic rings. The lowest BCUT2D eigenvalue weighted by Gasteiger charge is -2.05. The number of nitrogens with zero attached hydrogens (tertiary/aromatic N) is 1. The van der Waals surface area contributed by atoms with Crippen LogP contribution in [0.25, 0.3) is 0 Å². The topological polar surface area (TPSA) is 89.3 Å². The molecular formula is C18H26N2O4. The van der Waals surface area contributed by atoms with Crippen LogP contribution in [0.4, 0.5) is 11.4 Å². The van der Waals surface area contributed by atoms with Crippen molar-refractivity contribution in [1.29, 1.82) is 0 Å². The number of unbranched alkanes of at least 4 members (excludes halogenated alkanes) is 6. The maximum absolute atomic E-state index is 11.8. The van der Waals surface area contributed by atoms with Gasteiger partial charge in [0, 0.05) is 24.2 Å². The summed E-state index contributed by atoms with van der Waals surface area (Å²) in [5.74, 6) is -0.519. The Balaban J connectivity index is 2.23. The molecule has 0 aliphatic heterocycles. The molecule has 1 N–H and O–H groups in total. The van der Waals surface area contributed by atoms with Crippen LogP contribution < -0.4 is 5.32 Å². The Bertz CT molecular complexity index is 558. The van der Waals surface area contributed by atoms with E-state index in [1.54, 1.807) is 6.07 Å². The van der Waals surface area contributed by atoms with E-state index in [4.69, 9.17) is 0 Å². The van der Waals surface area contributed by atoms with E-state index in [1.165, 1.54) is 43.9 Å². The van der Waals surface area contributed by atoms with E-state index in [9.17, 15) is 19.7 Å². The lowest BCUT2D eigenvalue weighted by Crippen LogP contribution is -2.16. The average Bonchev–Trinajstić information content (AvgIpc) is 2.54. The number of ketones is 1. The molecule has 1 rings (SSSR count). The highest BCUT2D eigenvalue weighted by Crippen LogP contribution is 2.17. The molecule has 0 spiro atoms. The summed E-state index contributed by atoms with van der Waals surface area (Å²) in [5.41, 5.74) is 0.236. The fourth-order valence-electron chi connectivity index (χ4n) is 2.45. The van der Waals surface area contributed by atoms with Gasteiger partial charge in [-0.25, -0.2) is 0 Å². The molecule has 1 aromatic carbocycles. The maximum Gasteiger partial charge on any atom is 0.271 e. The second kappa shape index (κ2) is 11.3. The number of hydrogen-bond acceptors (Lipinski definition) is 4. The number of non-ortho nitro benzene ring substituents is 1. The van der Waals surface area contributed by atoms with E-state index in [0.29, 0.717) is 12.1 Å². The van der Waals surface area contributed by atoms with Gasteiger partial charge in [-0.15, -0.1) is 0 Å². The van der Waals surface area contributed by atoms with Gasteiger partial charge in [0.15, 0.2) is 0 Å². The van der Waals surface area contributed by atoms with Crippen molar-refractivity contribution >= 4 is 23.1 Å². The van der Waals surface area contributed by atoms with Crippen LogP contribution in [0.2, 0.25) is 0 Å². The molecule has 0 radical (unpaired) electrons. The quantitative estimate of drug-likeness (QED) is 0.261. The summed E-state index contributed by atoms with van der Waals surface area (Å²) in [7, 11) is 0. The van der Waals surface area contributed by atoms with E-state index < -0.39 is 10.8 Å². The van der Waals surface area contributed by atoms with Crippen LogP contribution >= 0.6 is 0 Å². The number of amides is 1. The Hall–Kier alpha value is -2.24. The molecule has 0 heterocycles. The zero-order valence-corrected chi connectivity index (χ0v) is 14.3. The van der Waals surface area contributed by atoms with E-state index in [0.717, 1.165) is 19.3 Å². The first-order valence-electron chi connectivity index (χ1n) is 8.59. The molecule has 0 bridgehead atoms. The van der Waals surface area contributed by atoms with E-state index in [-0.39, 0.29) is 17.9 Å². The second-order valence-corrected chi connectivity index (χ2v) is 5.94. The Morgan fingerprint density at radius 3 is 2.42 bits per heavy atom. The first-order chi connectivity index (χ1) is 11.5. The van der Waals surface area contributed by atoms with Crippen LogP contribution in [0.5, 0.6) is 0 Å². The normalized spacial score (nSPS) is 10.4. The highest BCUT2D eigenvalue weighted by molar-refractivity contribution is 6.04. The SMILES string of the molecule is CCCCCCCCCC(=O)CC(=O)Nc1cccc([N+](=O)[O-])c1. The summed E-state index contributed by atoms with van der Waals surface area (Å²) in [4.78, 5) is 33.8. The highest BCUT2D eigenvalue weighted by Gasteiger charge is 2.11. The van der Waals surface area contributed by atoms with Gasteiger partial charge >= 0.3 is 0 Å². The van der Waals surface area contributed by atoms with Gasteiger partial charge in [0.05, 0.1) is 11.3 Å². The van der Waals surface area contributed by atoms with Crippen molar-refractivity contribution in [2.75, 3.05) is 5.32 Å². The van der Waals surface area contributed by atoms with Crippen molar-refractivity contribution in [3.8, 4) is 0 Å². The fourth-order valence-corrected chi connectivity index (χ4v) is 2.45. The van der Waals surface area contributed by atoms with Gasteiger partial charge in [0.25, 0.3) is 5.69 Å². The summed E-state index contributed by atoms with van der Waals surface area (Å²) < 4.78 is 0. The number of rotatable bonds is 12. The van der Waals surface area contributed by atoms with Crippen molar-refractivity contribution in [2.24, 2.45) is 0 Å². The number of nitrogens with one attached hydrogen (secondary N) is 1. The Kier molecular flexibility index (Phi) is 9.34. The maximum atomic E-state index is 11.8. The van der Waals surface area contributed by atoms with Crippen molar-refractivity contribution in [1.82, 2.24) is 0 Å². The summed E-state index contributed by atoms with van der Waals surface area (Å²) >= 11 is 0. The third kappa shape index (κ3) is 8.41. The molecule has 0 aromatic heterocycles. The van der Waals surface area contributed by atoms with Crippen LogP contribution in [0.3, 0.4) is 0 Å². The van der Waals surface area contributed by atoms with Gasteiger partial charge in [0.2, 0.25) is 5.91 Å². The van der Waals surface area contributed by atoms with E-state index in [1.807, 2.05) is 0 Å². The van der Waals surface area contributed by atoms with Crippen molar-refractivity contribution in [3.63, 3.8) is 0 Å². The van der Waals surface area contributed by atoms with Crippen LogP contribution in [-0.2, 0) is 9.59 Å². The monoisotopic (exact) mass is 334 g/mol. The molecule has 1 amide bonds. The van der Waals surface area contributed by atoms with Crippen molar-refractivity contribution in [3.05, 3.63) is 34.4 Å². The molecule has 0 aliphatic carbocycles. The number of Topliss-reactive ketones (excluding diaryl/α,β-unsaturated/α-hetero) is 1. The van der Waals surface area contributed by atoms with Crippen molar-refractivity contribution in [2.45, 2.75) is 64.7 Å². The second-order valence-electron chi connectivity index (χ2n) is 5.94. The van der Waals surface area contributed by atoms with Crippen LogP contribution in [0, 0.1) is 10.1 Å². The van der Waals surface area contributed by atoms with Gasteiger partial charge in [-0.2, -0.15) is 0 Å². The number of nitro benzene ring substituents is 1. The van der Waals surface area contributed by atoms with Gasteiger partial charge in [-0.05, 0) is 12.5 Å². The smallest absolute Gasteiger partial charge is 0.271 e. The number of benzene rings is 1. The first kappa shape index (κ1) is 19.8. The molecule has 0 aliphatic rings. The molecular weight excluding hydrogens is 308 g/mol. The van der Waals surface area contributed by atoms with E-state index in [2.05, 4.69) is 12.2 Å². The van der Waals surface area contributed by atoms with Gasteiger partial charge in [-0.1, -0.05) is 51.5 Å². The predicted octanol–water partition coefficient (Wildman–Crippen LogP) is 4.63. The zero-order valence-electron chi connectivity index (χ0n) is 14.3. The molecule has 6 heteroatoms. The summed E-state index contributed by atoms with van der Waals surface area (Å²) in [6.07, 6.45) is 8.12. The average molecular weight is 334 g/mol. The Labute approximate surface area is 142 Å². The molecule has 0 saturated heterocycles. The first-order valence-corrected chi connectivity index (χ1v) is 8.59. The minimum absolute atomic E-state index is 0.0912. The summed E-state index contributed by atoms with van der Waals surface area (Å²) in [5, 5.41) is 13.2. The molecule has 0 fully saturated rings. The highest BCUT2D eigenvalue weighted by atomic mass is 16.6. The molecule has 24 heavy (non-hydrogen) atoms. The van der Waals surface area contributed by atoms with Crippen LogP contribution in [-0.4, -0.2) is 16.6 Å². The number of hydrogen-bond donors (Lipinski definition) is 1. The van der Waals surface area contributed by atoms with Crippen LogP contribution in [0.15, 0.2) is 24.3 Å². The van der Waals surface area contributed by atoms with Gasteiger partial charge in [-0.3, -0.25) is 19.7 Å². The molecule has 6 nitrogen and oxygen atoms in total. The summed E-state index contributed by atoms with van der Waals surface area (Å²) in [6.45, 7) is 2.18. The van der Waals surface area contributed by atoms with Crippen molar-refractivity contribution < 1.29 is 14.5 Å². The number of carbonyl (C=O) groups is 2. The lowest BCUT2D eigenvalue weighted by atomic mass is 10.1. The van der Waals surface area contributed by atoms with Gasteiger partial charge in [0.1, 0.15) is 5.78 Å².